The van der Waals surface area contributed by atoms with Gasteiger partial charge in [-0.2, -0.15) is 0 Å². The van der Waals surface area contributed by atoms with Gasteiger partial charge in [0.25, 0.3) is 0 Å². The molecule has 0 amide bonds. The van der Waals surface area contributed by atoms with Gasteiger partial charge in [0.1, 0.15) is 0 Å². The van der Waals surface area contributed by atoms with Crippen molar-refractivity contribution in [2.75, 3.05) is 0 Å². The first-order valence-electron chi connectivity index (χ1n) is 16.7. The van der Waals surface area contributed by atoms with E-state index in [0.717, 1.165) is 43.6 Å². The molecule has 44 heavy (non-hydrogen) atoms. The van der Waals surface area contributed by atoms with Crippen LogP contribution in [0.25, 0.3) is 27.8 Å². The first-order valence-corrected chi connectivity index (χ1v) is 16.7. The van der Waals surface area contributed by atoms with Crippen LogP contribution in [0.4, 0.5) is 17.6 Å². The van der Waals surface area contributed by atoms with Crippen LogP contribution in [0, 0.1) is 35.1 Å². The molecule has 1 aliphatic rings. The number of benzene rings is 3. The van der Waals surface area contributed by atoms with Gasteiger partial charge in [0.2, 0.25) is 0 Å². The van der Waals surface area contributed by atoms with Crippen LogP contribution in [0.3, 0.4) is 0 Å². The highest BCUT2D eigenvalue weighted by molar-refractivity contribution is 5.74. The molecule has 3 aromatic carbocycles. The van der Waals surface area contributed by atoms with Crippen LogP contribution in [-0.2, 0) is 6.42 Å². The zero-order valence-electron chi connectivity index (χ0n) is 26.7. The van der Waals surface area contributed by atoms with E-state index in [2.05, 4.69) is 32.1 Å². The summed E-state index contributed by atoms with van der Waals surface area (Å²) in [5, 5.41) is 0. The molecule has 0 unspecified atom stereocenters. The van der Waals surface area contributed by atoms with Crippen LogP contribution in [-0.4, -0.2) is 0 Å². The Hall–Kier alpha value is -3.14. The standard InChI is InChI=1S/C40H48F4/c1-4-7-9-12-28-16-18-29(19-17-28)13-10-15-30(11-6-3)35-26-27-36(40(44)39(35)43)32-22-20-31(21-23-32)34-25-24-33(14-8-5-2)37(41)38(34)42/h4,7,15,20-29H,5-6,8-14,16-19H2,1-3H3/b7-4+,30-15+. The zero-order chi connectivity index (χ0) is 31.5. The molecule has 1 saturated carbocycles. The van der Waals surface area contributed by atoms with Crippen molar-refractivity contribution >= 4 is 5.57 Å². The highest BCUT2D eigenvalue weighted by Gasteiger charge is 2.21. The Morgan fingerprint density at radius 2 is 1.25 bits per heavy atom. The molecular formula is C40H48F4. The normalized spacial score (nSPS) is 17.5. The molecule has 4 heteroatoms. The maximum Gasteiger partial charge on any atom is 0.167 e. The lowest BCUT2D eigenvalue weighted by Gasteiger charge is -2.28. The number of hydrogen-bond donors (Lipinski definition) is 0. The fraction of sp³-hybridized carbons (Fsp3) is 0.450. The summed E-state index contributed by atoms with van der Waals surface area (Å²) < 4.78 is 60.5. The molecule has 1 aliphatic carbocycles. The van der Waals surface area contributed by atoms with Gasteiger partial charge < -0.3 is 0 Å². The minimum atomic E-state index is -0.883. The Balaban J connectivity index is 1.44. The number of hydrogen-bond acceptors (Lipinski definition) is 0. The first kappa shape index (κ1) is 33.7. The fourth-order valence-electron chi connectivity index (χ4n) is 6.64. The van der Waals surface area contributed by atoms with Crippen molar-refractivity contribution < 1.29 is 17.6 Å². The molecule has 3 aromatic rings. The summed E-state index contributed by atoms with van der Waals surface area (Å²) >= 11 is 0. The van der Waals surface area contributed by atoms with Crippen LogP contribution < -0.4 is 0 Å². The van der Waals surface area contributed by atoms with Crippen LogP contribution in [0.5, 0.6) is 0 Å². The van der Waals surface area contributed by atoms with Gasteiger partial charge in [-0.15, -0.1) is 0 Å². The highest BCUT2D eigenvalue weighted by atomic mass is 19.2. The first-order chi connectivity index (χ1) is 21.4. The quantitative estimate of drug-likeness (QED) is 0.127. The summed E-state index contributed by atoms with van der Waals surface area (Å²) in [5.74, 6) is -1.86. The lowest BCUT2D eigenvalue weighted by molar-refractivity contribution is 0.255. The van der Waals surface area contributed by atoms with Crippen molar-refractivity contribution in [1.82, 2.24) is 0 Å². The summed E-state index contributed by atoms with van der Waals surface area (Å²) in [5.41, 5.74) is 2.85. The Kier molecular flexibility index (Phi) is 12.9. The smallest absolute Gasteiger partial charge is 0.167 e. The summed E-state index contributed by atoms with van der Waals surface area (Å²) in [6, 6.07) is 13.1. The Labute approximate surface area is 262 Å². The van der Waals surface area contributed by atoms with Crippen LogP contribution in [0.15, 0.2) is 66.8 Å². The van der Waals surface area contributed by atoms with Crippen LogP contribution >= 0.6 is 0 Å². The molecule has 1 fully saturated rings. The summed E-state index contributed by atoms with van der Waals surface area (Å²) in [7, 11) is 0. The van der Waals surface area contributed by atoms with Crippen LogP contribution in [0.1, 0.15) is 109 Å². The van der Waals surface area contributed by atoms with E-state index in [1.807, 2.05) is 6.92 Å². The van der Waals surface area contributed by atoms with Crippen LogP contribution in [0.2, 0.25) is 0 Å². The third-order valence-corrected chi connectivity index (χ3v) is 9.33. The maximum atomic E-state index is 15.5. The number of unbranched alkanes of at least 4 members (excludes halogenated alkanes) is 1. The number of aryl methyl sites for hydroxylation is 1. The second-order valence-corrected chi connectivity index (χ2v) is 12.5. The molecule has 0 aromatic heterocycles. The van der Waals surface area contributed by atoms with Crippen molar-refractivity contribution in [2.45, 2.75) is 104 Å². The molecule has 0 heterocycles. The van der Waals surface area contributed by atoms with E-state index in [4.69, 9.17) is 0 Å². The van der Waals surface area contributed by atoms with Gasteiger partial charge in [0.15, 0.2) is 23.3 Å². The van der Waals surface area contributed by atoms with Gasteiger partial charge in [-0.05, 0) is 86.0 Å². The van der Waals surface area contributed by atoms with Crippen molar-refractivity contribution in [2.24, 2.45) is 11.8 Å². The fourth-order valence-corrected chi connectivity index (χ4v) is 6.64. The predicted molar refractivity (Wildman–Crippen MR) is 177 cm³/mol. The summed E-state index contributed by atoms with van der Waals surface area (Å²) in [6.45, 7) is 6.14. The van der Waals surface area contributed by atoms with Crippen molar-refractivity contribution in [3.63, 3.8) is 0 Å². The molecule has 0 atom stereocenters. The van der Waals surface area contributed by atoms with E-state index in [0.29, 0.717) is 41.0 Å². The van der Waals surface area contributed by atoms with Gasteiger partial charge >= 0.3 is 0 Å². The van der Waals surface area contributed by atoms with E-state index in [1.165, 1.54) is 38.5 Å². The average molecular weight is 605 g/mol. The lowest BCUT2D eigenvalue weighted by atomic mass is 9.78. The van der Waals surface area contributed by atoms with Crippen molar-refractivity contribution in [3.05, 3.63) is 101 Å². The number of allylic oxidation sites excluding steroid dienone is 4. The Bertz CT molecular complexity index is 1410. The molecule has 0 radical (unpaired) electrons. The topological polar surface area (TPSA) is 0 Å². The van der Waals surface area contributed by atoms with E-state index in [9.17, 15) is 8.78 Å². The Morgan fingerprint density at radius 1 is 0.682 bits per heavy atom. The third-order valence-electron chi connectivity index (χ3n) is 9.33. The molecule has 0 spiro atoms. The van der Waals surface area contributed by atoms with E-state index < -0.39 is 23.3 Å². The van der Waals surface area contributed by atoms with Gasteiger partial charge in [0.05, 0.1) is 0 Å². The highest BCUT2D eigenvalue weighted by Crippen LogP contribution is 2.36. The predicted octanol–water partition coefficient (Wildman–Crippen LogP) is 13.0. The molecule has 0 aliphatic heterocycles. The summed E-state index contributed by atoms with van der Waals surface area (Å²) in [4.78, 5) is 0. The third kappa shape index (κ3) is 8.52. The van der Waals surface area contributed by atoms with E-state index in [-0.39, 0.29) is 11.1 Å². The second kappa shape index (κ2) is 16.8. The second-order valence-electron chi connectivity index (χ2n) is 12.5. The SMILES string of the molecule is C/C=C/CCC1CCC(CC/C=C(\CCC)c2ccc(-c3ccc(-c4ccc(CCCC)c(F)c4F)cc3)c(F)c2F)CC1. The maximum absolute atomic E-state index is 15.5. The van der Waals surface area contributed by atoms with Gasteiger partial charge in [-0.3, -0.25) is 0 Å². The molecule has 4 rings (SSSR count). The van der Waals surface area contributed by atoms with Gasteiger partial charge in [-0.25, -0.2) is 17.6 Å². The molecule has 0 saturated heterocycles. The van der Waals surface area contributed by atoms with Gasteiger partial charge in [0, 0.05) is 16.7 Å². The summed E-state index contributed by atoms with van der Waals surface area (Å²) in [6.07, 6.45) is 19.8. The zero-order valence-corrected chi connectivity index (χ0v) is 26.7. The Morgan fingerprint density at radius 3 is 1.82 bits per heavy atom. The minimum Gasteiger partial charge on any atom is -0.203 e. The molecule has 0 N–H and O–H groups in total. The van der Waals surface area contributed by atoms with Crippen molar-refractivity contribution in [3.8, 4) is 22.3 Å². The lowest BCUT2D eigenvalue weighted by Crippen LogP contribution is -2.14. The van der Waals surface area contributed by atoms with Crippen molar-refractivity contribution in [1.29, 1.82) is 0 Å². The molecule has 0 nitrogen and oxygen atoms in total. The van der Waals surface area contributed by atoms with E-state index >= 15 is 8.78 Å². The molecule has 236 valence electrons. The molecule has 0 bridgehead atoms. The average Bonchev–Trinajstić information content (AvgIpc) is 3.04. The number of halogens is 4. The minimum absolute atomic E-state index is 0.154. The largest absolute Gasteiger partial charge is 0.203 e. The number of rotatable bonds is 14. The van der Waals surface area contributed by atoms with E-state index in [1.54, 1.807) is 48.5 Å². The molecular weight excluding hydrogens is 556 g/mol. The monoisotopic (exact) mass is 604 g/mol. The van der Waals surface area contributed by atoms with Gasteiger partial charge in [-0.1, -0.05) is 119 Å².